The highest BCUT2D eigenvalue weighted by molar-refractivity contribution is 7.89. The molecule has 1 aromatic heterocycles. The zero-order valence-electron chi connectivity index (χ0n) is 25.8. The van der Waals surface area contributed by atoms with Crippen molar-refractivity contribution in [1.29, 1.82) is 0 Å². The van der Waals surface area contributed by atoms with Crippen LogP contribution in [-0.2, 0) is 41.4 Å². The highest BCUT2D eigenvalue weighted by atomic mass is 35.5. The van der Waals surface area contributed by atoms with Crippen molar-refractivity contribution in [3.05, 3.63) is 81.7 Å². The van der Waals surface area contributed by atoms with E-state index in [0.29, 0.717) is 16.3 Å². The summed E-state index contributed by atoms with van der Waals surface area (Å²) in [4.78, 5) is 27.3. The topological polar surface area (TPSA) is 171 Å². The van der Waals surface area contributed by atoms with E-state index in [0.717, 1.165) is 6.07 Å². The van der Waals surface area contributed by atoms with Gasteiger partial charge in [-0.3, -0.25) is 9.69 Å². The van der Waals surface area contributed by atoms with Gasteiger partial charge in [0.05, 0.1) is 48.3 Å². The molecule has 46 heavy (non-hydrogen) atoms. The molecule has 3 atom stereocenters. The Morgan fingerprint density at radius 1 is 1.20 bits per heavy atom. The maximum Gasteiger partial charge on any atom is 0.340 e. The smallest absolute Gasteiger partial charge is 0.340 e. The Kier molecular flexibility index (Phi) is 11.1. The Hall–Kier alpha value is -3.17. The Morgan fingerprint density at radius 3 is 2.59 bits per heavy atom. The molecule has 250 valence electrons. The first kappa shape index (κ1) is 35.7. The van der Waals surface area contributed by atoms with Crippen LogP contribution in [0.2, 0.25) is 10.0 Å². The number of anilines is 1. The Morgan fingerprint density at radius 2 is 1.93 bits per heavy atom. The van der Waals surface area contributed by atoms with Gasteiger partial charge in [-0.1, -0.05) is 35.3 Å². The molecule has 2 aromatic carbocycles. The Balaban J connectivity index is 1.37. The minimum Gasteiger partial charge on any atom is -0.467 e. The molecule has 4 N–H and O–H groups in total. The zero-order chi connectivity index (χ0) is 33.9. The van der Waals surface area contributed by atoms with Gasteiger partial charge in [-0.15, -0.1) is 0 Å². The second kappa shape index (κ2) is 14.3. The minimum absolute atomic E-state index is 0.0814. The van der Waals surface area contributed by atoms with Gasteiger partial charge in [0.25, 0.3) is 0 Å². The van der Waals surface area contributed by atoms with E-state index in [1.165, 1.54) is 12.3 Å². The van der Waals surface area contributed by atoms with E-state index in [2.05, 4.69) is 5.32 Å². The third kappa shape index (κ3) is 8.21. The number of aliphatic hydroxyl groups is 1. The fourth-order valence-electron chi connectivity index (χ4n) is 5.48. The summed E-state index contributed by atoms with van der Waals surface area (Å²) in [7, 11) is -4.24. The predicted octanol–water partition coefficient (Wildman–Crippen LogP) is 5.02. The van der Waals surface area contributed by atoms with Gasteiger partial charge in [0.1, 0.15) is 10.7 Å². The van der Waals surface area contributed by atoms with Crippen molar-refractivity contribution in [3.8, 4) is 0 Å². The molecular formula is C31H37Cl2N3O9S. The summed E-state index contributed by atoms with van der Waals surface area (Å²) in [6.07, 6.45) is 0.778. The van der Waals surface area contributed by atoms with Crippen molar-refractivity contribution in [2.24, 2.45) is 5.14 Å². The summed E-state index contributed by atoms with van der Waals surface area (Å²) in [5.41, 5.74) is -0.0419. The Labute approximate surface area is 277 Å². The number of nitrogens with one attached hydrogen (secondary N) is 1. The van der Waals surface area contributed by atoms with Crippen LogP contribution in [-0.4, -0.2) is 61.4 Å². The number of carbonyl (C=O) groups excluding carboxylic acids is 2. The quantitative estimate of drug-likeness (QED) is 0.172. The molecule has 1 aliphatic rings. The van der Waals surface area contributed by atoms with Gasteiger partial charge < -0.3 is 29.1 Å². The van der Waals surface area contributed by atoms with Crippen LogP contribution < -0.4 is 10.5 Å². The molecule has 0 radical (unpaired) electrons. The number of rotatable bonds is 12. The number of hydrogen-bond acceptors (Lipinski definition) is 11. The molecule has 15 heteroatoms. The molecule has 1 saturated heterocycles. The van der Waals surface area contributed by atoms with E-state index in [-0.39, 0.29) is 48.9 Å². The summed E-state index contributed by atoms with van der Waals surface area (Å²) in [5, 5.41) is 20.1. The Bertz CT molecular complexity index is 1670. The number of hydrogen-bond donors (Lipinski definition) is 3. The van der Waals surface area contributed by atoms with Gasteiger partial charge >= 0.3 is 11.9 Å². The molecule has 3 aromatic rings. The van der Waals surface area contributed by atoms with Gasteiger partial charge in [0.2, 0.25) is 15.8 Å². The molecule has 0 spiro atoms. The zero-order valence-corrected chi connectivity index (χ0v) is 28.1. The van der Waals surface area contributed by atoms with Crippen LogP contribution in [0, 0.1) is 0 Å². The average molecular weight is 699 g/mol. The summed E-state index contributed by atoms with van der Waals surface area (Å²) in [5.74, 6) is -2.54. The van der Waals surface area contributed by atoms with Crippen LogP contribution in [0.15, 0.2) is 64.1 Å². The van der Waals surface area contributed by atoms with Crippen molar-refractivity contribution < 1.29 is 41.7 Å². The second-order valence-corrected chi connectivity index (χ2v) is 13.9. The summed E-state index contributed by atoms with van der Waals surface area (Å²) < 4.78 is 46.4. The number of sulfonamides is 1. The molecule has 0 unspecified atom stereocenters. The third-order valence-corrected chi connectivity index (χ3v) is 9.26. The van der Waals surface area contributed by atoms with Crippen LogP contribution >= 0.6 is 23.2 Å². The molecular weight excluding hydrogens is 661 g/mol. The number of nitrogens with two attached hydrogens (primary N) is 1. The standard InChI is InChI=1S/C31H37Cl2N3O9S/c1-19-31(39,21-8-5-9-22(32)14-21)44-18-30(3,4)36(19)20(2)45-28(37)11-7-13-43-29(38)24-15-27(46(34,40)41)25(33)16-26(24)35-17-23-10-6-12-42-23/h5-6,8-10,12,14-16,19-20,35,39H,7,11,13,17-18H2,1-4H3,(H2,34,40,41)/t19-,20-,31+/m0/s1. The number of morpholine rings is 1. The lowest BCUT2D eigenvalue weighted by Gasteiger charge is -2.54. The van der Waals surface area contributed by atoms with E-state index in [1.54, 1.807) is 50.2 Å². The van der Waals surface area contributed by atoms with E-state index in [4.69, 9.17) is 47.0 Å². The minimum atomic E-state index is -4.24. The highest BCUT2D eigenvalue weighted by Crippen LogP contribution is 2.41. The second-order valence-electron chi connectivity index (χ2n) is 11.5. The monoisotopic (exact) mass is 697 g/mol. The fraction of sp³-hybridized carbons (Fsp3) is 0.419. The summed E-state index contributed by atoms with van der Waals surface area (Å²) in [6, 6.07) is 11.8. The number of primary sulfonamides is 1. The van der Waals surface area contributed by atoms with Gasteiger partial charge in [-0.25, -0.2) is 18.4 Å². The van der Waals surface area contributed by atoms with Gasteiger partial charge in [-0.2, -0.15) is 0 Å². The maximum atomic E-state index is 13.0. The van der Waals surface area contributed by atoms with E-state index in [9.17, 15) is 23.1 Å². The molecule has 0 saturated carbocycles. The van der Waals surface area contributed by atoms with E-state index < -0.39 is 50.5 Å². The van der Waals surface area contributed by atoms with Crippen LogP contribution in [0.25, 0.3) is 0 Å². The van der Waals surface area contributed by atoms with E-state index >= 15 is 0 Å². The van der Waals surface area contributed by atoms with E-state index in [1.807, 2.05) is 18.7 Å². The first-order valence-corrected chi connectivity index (χ1v) is 16.7. The fourth-order valence-corrected chi connectivity index (χ4v) is 6.77. The van der Waals surface area contributed by atoms with Crippen LogP contribution in [0.1, 0.15) is 62.2 Å². The van der Waals surface area contributed by atoms with Crippen LogP contribution in [0.3, 0.4) is 0 Å². The van der Waals surface area contributed by atoms with Crippen LogP contribution in [0.4, 0.5) is 5.69 Å². The summed E-state index contributed by atoms with van der Waals surface area (Å²) in [6.45, 7) is 7.48. The molecule has 0 aliphatic carbocycles. The number of halogens is 2. The lowest BCUT2D eigenvalue weighted by Crippen LogP contribution is -2.67. The average Bonchev–Trinajstić information content (AvgIpc) is 3.49. The summed E-state index contributed by atoms with van der Waals surface area (Å²) >= 11 is 12.3. The number of carbonyl (C=O) groups is 2. The van der Waals surface area contributed by atoms with Gasteiger partial charge in [0, 0.05) is 22.5 Å². The van der Waals surface area contributed by atoms with Gasteiger partial charge in [0.15, 0.2) is 6.23 Å². The predicted molar refractivity (Wildman–Crippen MR) is 171 cm³/mol. The molecule has 1 aliphatic heterocycles. The number of benzene rings is 2. The molecule has 12 nitrogen and oxygen atoms in total. The third-order valence-electron chi connectivity index (χ3n) is 7.65. The lowest BCUT2D eigenvalue weighted by atomic mass is 9.89. The lowest BCUT2D eigenvalue weighted by molar-refractivity contribution is -0.320. The van der Waals surface area contributed by atoms with Crippen molar-refractivity contribution in [2.75, 3.05) is 18.5 Å². The SMILES string of the molecule is C[C@H](OC(=O)CCCOC(=O)c1cc(S(N)(=O)=O)c(Cl)cc1NCc1ccco1)N1[C@@H](C)[C@](O)(c2cccc(Cl)c2)OCC1(C)C. The molecule has 1 fully saturated rings. The van der Waals surface area contributed by atoms with Crippen molar-refractivity contribution in [1.82, 2.24) is 4.90 Å². The number of furan rings is 1. The number of ether oxygens (including phenoxy) is 3. The molecule has 0 amide bonds. The number of esters is 2. The first-order chi connectivity index (χ1) is 21.5. The number of nitrogens with zero attached hydrogens (tertiary/aromatic N) is 1. The molecule has 4 rings (SSSR count). The van der Waals surface area contributed by atoms with Crippen molar-refractivity contribution in [2.45, 2.75) is 75.6 Å². The normalized spacial score (nSPS) is 20.6. The first-order valence-electron chi connectivity index (χ1n) is 14.4. The largest absolute Gasteiger partial charge is 0.467 e. The van der Waals surface area contributed by atoms with Crippen LogP contribution in [0.5, 0.6) is 0 Å². The molecule has 0 bridgehead atoms. The van der Waals surface area contributed by atoms with Crippen molar-refractivity contribution >= 4 is 50.9 Å². The molecule has 2 heterocycles. The maximum absolute atomic E-state index is 13.0. The van der Waals surface area contributed by atoms with Crippen molar-refractivity contribution in [3.63, 3.8) is 0 Å². The highest BCUT2D eigenvalue weighted by Gasteiger charge is 2.52. The van der Waals surface area contributed by atoms with Gasteiger partial charge in [-0.05, 0) is 70.5 Å².